The molecule has 0 unspecified atom stereocenters. The molecule has 1 heterocycles. The summed E-state index contributed by atoms with van der Waals surface area (Å²) in [5.41, 5.74) is 8.87. The molecular formula is C17H18IN3O. The van der Waals surface area contributed by atoms with E-state index in [1.54, 1.807) is 0 Å². The number of hydrogen-bond acceptors (Lipinski definition) is 2. The first-order valence-electron chi connectivity index (χ1n) is 6.82. The van der Waals surface area contributed by atoms with Gasteiger partial charge in [-0.1, -0.05) is 30.3 Å². The number of rotatable bonds is 3. The average Bonchev–Trinajstić information content (AvgIpc) is 2.88. The summed E-state index contributed by atoms with van der Waals surface area (Å²) in [6.07, 6.45) is 0. The van der Waals surface area contributed by atoms with E-state index in [1.165, 1.54) is 5.56 Å². The highest BCUT2D eigenvalue weighted by Gasteiger charge is 2.02. The van der Waals surface area contributed by atoms with Crippen LogP contribution < -0.4 is 11.1 Å². The van der Waals surface area contributed by atoms with Crippen LogP contribution in [0.15, 0.2) is 64.0 Å². The number of furan rings is 1. The first-order valence-corrected chi connectivity index (χ1v) is 6.82. The van der Waals surface area contributed by atoms with E-state index < -0.39 is 0 Å². The van der Waals surface area contributed by atoms with E-state index in [1.807, 2.05) is 61.5 Å². The van der Waals surface area contributed by atoms with Crippen LogP contribution in [0, 0.1) is 6.92 Å². The topological polar surface area (TPSA) is 63.5 Å². The molecule has 0 spiro atoms. The van der Waals surface area contributed by atoms with Crippen LogP contribution in [0.3, 0.4) is 0 Å². The highest BCUT2D eigenvalue weighted by atomic mass is 127. The first-order chi connectivity index (χ1) is 10.2. The molecule has 0 amide bonds. The van der Waals surface area contributed by atoms with Crippen molar-refractivity contribution in [3.05, 3.63) is 65.9 Å². The Morgan fingerprint density at radius 2 is 1.95 bits per heavy atom. The maximum Gasteiger partial charge on any atom is 0.193 e. The summed E-state index contributed by atoms with van der Waals surface area (Å²) in [5.74, 6) is 1.17. The number of anilines is 1. The van der Waals surface area contributed by atoms with Gasteiger partial charge < -0.3 is 15.5 Å². The number of hydrogen-bond donors (Lipinski definition) is 2. The van der Waals surface area contributed by atoms with E-state index in [2.05, 4.69) is 10.3 Å². The van der Waals surface area contributed by atoms with Gasteiger partial charge in [-0.05, 0) is 36.8 Å². The van der Waals surface area contributed by atoms with Gasteiger partial charge in [0.1, 0.15) is 17.9 Å². The van der Waals surface area contributed by atoms with Gasteiger partial charge in [-0.25, -0.2) is 4.99 Å². The molecule has 114 valence electrons. The van der Waals surface area contributed by atoms with E-state index in [9.17, 15) is 0 Å². The third-order valence-corrected chi connectivity index (χ3v) is 3.17. The van der Waals surface area contributed by atoms with E-state index in [0.29, 0.717) is 12.5 Å². The lowest BCUT2D eigenvalue weighted by atomic mass is 10.2. The zero-order chi connectivity index (χ0) is 14.7. The molecule has 3 aromatic rings. The fourth-order valence-corrected chi connectivity index (χ4v) is 2.19. The molecule has 0 aliphatic carbocycles. The lowest BCUT2D eigenvalue weighted by Crippen LogP contribution is -2.22. The van der Waals surface area contributed by atoms with Crippen LogP contribution in [0.25, 0.3) is 11.0 Å². The molecule has 22 heavy (non-hydrogen) atoms. The van der Waals surface area contributed by atoms with E-state index in [4.69, 9.17) is 10.2 Å². The van der Waals surface area contributed by atoms with Gasteiger partial charge in [0.05, 0.1) is 0 Å². The predicted molar refractivity (Wildman–Crippen MR) is 102 cm³/mol. The lowest BCUT2D eigenvalue weighted by molar-refractivity contribution is 0.553. The maximum absolute atomic E-state index is 5.90. The number of halogens is 1. The Morgan fingerprint density at radius 3 is 2.73 bits per heavy atom. The molecule has 0 fully saturated rings. The summed E-state index contributed by atoms with van der Waals surface area (Å²) in [5, 5.41) is 4.15. The van der Waals surface area contributed by atoms with Crippen LogP contribution in [0.4, 0.5) is 5.69 Å². The van der Waals surface area contributed by atoms with Gasteiger partial charge in [0.2, 0.25) is 0 Å². The average molecular weight is 407 g/mol. The Balaban J connectivity index is 0.00000176. The van der Waals surface area contributed by atoms with Gasteiger partial charge in [0, 0.05) is 11.1 Å². The Morgan fingerprint density at radius 1 is 1.14 bits per heavy atom. The van der Waals surface area contributed by atoms with Crippen molar-refractivity contribution in [1.82, 2.24) is 0 Å². The summed E-state index contributed by atoms with van der Waals surface area (Å²) in [6, 6.07) is 17.9. The minimum Gasteiger partial charge on any atom is -0.459 e. The SMILES string of the molecule is Cc1cccc(NC(N)=NCc2cc3ccccc3o2)c1.I. The molecule has 0 aliphatic rings. The fourth-order valence-electron chi connectivity index (χ4n) is 2.19. The lowest BCUT2D eigenvalue weighted by Gasteiger charge is -2.05. The summed E-state index contributed by atoms with van der Waals surface area (Å²) in [4.78, 5) is 4.30. The van der Waals surface area contributed by atoms with Crippen molar-refractivity contribution >= 4 is 46.6 Å². The molecule has 0 atom stereocenters. The Bertz CT molecular complexity index is 762. The molecular weight excluding hydrogens is 389 g/mol. The number of fused-ring (bicyclic) bond motifs is 1. The van der Waals surface area contributed by atoms with Crippen molar-refractivity contribution < 1.29 is 4.42 Å². The highest BCUT2D eigenvalue weighted by molar-refractivity contribution is 14.0. The second kappa shape index (κ2) is 7.31. The van der Waals surface area contributed by atoms with E-state index in [0.717, 1.165) is 22.4 Å². The van der Waals surface area contributed by atoms with Crippen molar-refractivity contribution in [2.24, 2.45) is 10.7 Å². The first kappa shape index (κ1) is 16.4. The number of aryl methyl sites for hydroxylation is 1. The molecule has 5 heteroatoms. The summed E-state index contributed by atoms with van der Waals surface area (Å²) >= 11 is 0. The number of benzene rings is 2. The molecule has 2 aromatic carbocycles. The Kier molecular flexibility index (Phi) is 5.43. The second-order valence-corrected chi connectivity index (χ2v) is 4.95. The van der Waals surface area contributed by atoms with Crippen LogP contribution in [0.1, 0.15) is 11.3 Å². The number of nitrogens with two attached hydrogens (primary N) is 1. The van der Waals surface area contributed by atoms with Gasteiger partial charge in [0.25, 0.3) is 0 Å². The maximum atomic E-state index is 5.90. The van der Waals surface area contributed by atoms with Gasteiger partial charge in [-0.3, -0.25) is 0 Å². The normalized spacial score (nSPS) is 11.2. The van der Waals surface area contributed by atoms with Crippen molar-refractivity contribution in [1.29, 1.82) is 0 Å². The minimum atomic E-state index is 0. The van der Waals surface area contributed by atoms with Crippen LogP contribution in [0.2, 0.25) is 0 Å². The zero-order valence-corrected chi connectivity index (χ0v) is 14.6. The van der Waals surface area contributed by atoms with Crippen molar-refractivity contribution in [3.8, 4) is 0 Å². The standard InChI is InChI=1S/C17H17N3O.HI/c1-12-5-4-7-14(9-12)20-17(18)19-11-15-10-13-6-2-3-8-16(13)21-15;/h2-10H,11H2,1H3,(H3,18,19,20);1H. The molecule has 3 N–H and O–H groups in total. The largest absolute Gasteiger partial charge is 0.459 e. The number of aliphatic imine (C=N–C) groups is 1. The molecule has 1 aromatic heterocycles. The van der Waals surface area contributed by atoms with Crippen molar-refractivity contribution in [2.75, 3.05) is 5.32 Å². The molecule has 4 nitrogen and oxygen atoms in total. The molecule has 3 rings (SSSR count). The minimum absolute atomic E-state index is 0. The molecule has 0 radical (unpaired) electrons. The third-order valence-electron chi connectivity index (χ3n) is 3.17. The van der Waals surface area contributed by atoms with Gasteiger partial charge in [-0.15, -0.1) is 24.0 Å². The molecule has 0 aliphatic heterocycles. The zero-order valence-electron chi connectivity index (χ0n) is 12.2. The number of nitrogens with one attached hydrogen (secondary N) is 1. The Labute approximate surface area is 146 Å². The summed E-state index contributed by atoms with van der Waals surface area (Å²) < 4.78 is 5.70. The quantitative estimate of drug-likeness (QED) is 0.387. The molecule has 0 saturated heterocycles. The van der Waals surface area contributed by atoms with Crippen molar-refractivity contribution in [3.63, 3.8) is 0 Å². The van der Waals surface area contributed by atoms with Crippen LogP contribution >= 0.6 is 24.0 Å². The monoisotopic (exact) mass is 407 g/mol. The summed E-state index contributed by atoms with van der Waals surface area (Å²) in [7, 11) is 0. The fraction of sp³-hybridized carbons (Fsp3) is 0.118. The highest BCUT2D eigenvalue weighted by Crippen LogP contribution is 2.19. The van der Waals surface area contributed by atoms with Gasteiger partial charge in [-0.2, -0.15) is 0 Å². The summed E-state index contributed by atoms with van der Waals surface area (Å²) in [6.45, 7) is 2.45. The predicted octanol–water partition coefficient (Wildman–Crippen LogP) is 4.29. The molecule has 0 bridgehead atoms. The number of guanidine groups is 1. The van der Waals surface area contributed by atoms with Crippen LogP contribution in [-0.2, 0) is 6.54 Å². The van der Waals surface area contributed by atoms with Crippen LogP contribution in [0.5, 0.6) is 0 Å². The van der Waals surface area contributed by atoms with Crippen molar-refractivity contribution in [2.45, 2.75) is 13.5 Å². The number of nitrogens with zero attached hydrogens (tertiary/aromatic N) is 1. The third kappa shape index (κ3) is 4.00. The smallest absolute Gasteiger partial charge is 0.193 e. The van der Waals surface area contributed by atoms with Crippen LogP contribution in [-0.4, -0.2) is 5.96 Å². The van der Waals surface area contributed by atoms with E-state index in [-0.39, 0.29) is 24.0 Å². The number of para-hydroxylation sites is 1. The van der Waals surface area contributed by atoms with Gasteiger partial charge >= 0.3 is 0 Å². The Hall–Kier alpha value is -2.02. The van der Waals surface area contributed by atoms with Gasteiger partial charge in [0.15, 0.2) is 5.96 Å². The second-order valence-electron chi connectivity index (χ2n) is 4.95. The van der Waals surface area contributed by atoms with E-state index >= 15 is 0 Å². The molecule has 0 saturated carbocycles.